The number of amides is 2. The second kappa shape index (κ2) is 6.17. The number of rotatable bonds is 5. The van der Waals surface area contributed by atoms with E-state index >= 15 is 0 Å². The lowest BCUT2D eigenvalue weighted by molar-refractivity contribution is -0.118. The third-order valence-corrected chi connectivity index (χ3v) is 2.42. The van der Waals surface area contributed by atoms with E-state index in [9.17, 15) is 19.1 Å². The number of aromatic hydroxyl groups is 1. The highest BCUT2D eigenvalue weighted by Gasteiger charge is 2.24. The fourth-order valence-electron chi connectivity index (χ4n) is 1.73. The van der Waals surface area contributed by atoms with Crippen molar-refractivity contribution in [3.05, 3.63) is 29.6 Å². The molecule has 0 saturated carbocycles. The average molecular weight is 268 g/mol. The highest BCUT2D eigenvalue weighted by atomic mass is 19.1. The zero-order valence-electron chi connectivity index (χ0n) is 10.9. The molecule has 0 fully saturated rings. The van der Waals surface area contributed by atoms with E-state index in [1.807, 2.05) is 13.8 Å². The second-order valence-corrected chi connectivity index (χ2v) is 4.68. The van der Waals surface area contributed by atoms with Gasteiger partial charge in [-0.25, -0.2) is 4.39 Å². The number of phenolic OH excluding ortho intramolecular Hbond substituents is 1. The van der Waals surface area contributed by atoms with Crippen LogP contribution >= 0.6 is 0 Å². The quantitative estimate of drug-likeness (QED) is 0.839. The first-order valence-electron chi connectivity index (χ1n) is 5.88. The van der Waals surface area contributed by atoms with Crippen molar-refractivity contribution in [2.45, 2.75) is 13.8 Å². The van der Waals surface area contributed by atoms with Gasteiger partial charge in [0.15, 0.2) is 0 Å². The molecule has 2 amide bonds. The van der Waals surface area contributed by atoms with Gasteiger partial charge in [0, 0.05) is 6.54 Å². The Labute approximate surface area is 110 Å². The molecular formula is C13H17FN2O3. The summed E-state index contributed by atoms with van der Waals surface area (Å²) in [5, 5.41) is 9.58. The number of phenols is 1. The molecule has 0 bridgehead atoms. The van der Waals surface area contributed by atoms with E-state index in [2.05, 4.69) is 0 Å². The van der Waals surface area contributed by atoms with E-state index in [4.69, 9.17) is 5.73 Å². The largest absolute Gasteiger partial charge is 0.507 e. The normalized spacial score (nSPS) is 10.5. The number of carbonyl (C=O) groups is 2. The van der Waals surface area contributed by atoms with Crippen molar-refractivity contribution in [1.29, 1.82) is 0 Å². The molecule has 0 radical (unpaired) electrons. The van der Waals surface area contributed by atoms with Gasteiger partial charge in [-0.3, -0.25) is 9.59 Å². The minimum absolute atomic E-state index is 0.0808. The van der Waals surface area contributed by atoms with Crippen LogP contribution in [0, 0.1) is 11.7 Å². The Morgan fingerprint density at radius 2 is 2.05 bits per heavy atom. The third-order valence-electron chi connectivity index (χ3n) is 2.42. The van der Waals surface area contributed by atoms with Crippen molar-refractivity contribution in [3.63, 3.8) is 0 Å². The lowest BCUT2D eigenvalue weighted by atomic mass is 10.1. The van der Waals surface area contributed by atoms with Crippen LogP contribution in [0.1, 0.15) is 24.2 Å². The summed E-state index contributed by atoms with van der Waals surface area (Å²) >= 11 is 0. The fraction of sp³-hybridized carbons (Fsp3) is 0.385. The Bertz CT molecular complexity index is 469. The molecule has 0 aliphatic heterocycles. The van der Waals surface area contributed by atoms with Crippen molar-refractivity contribution in [3.8, 4) is 5.75 Å². The van der Waals surface area contributed by atoms with E-state index < -0.39 is 28.9 Å². The Kier molecular flexibility index (Phi) is 4.86. The summed E-state index contributed by atoms with van der Waals surface area (Å²) in [7, 11) is 0. The predicted octanol–water partition coefficient (Wildman–Crippen LogP) is 1.11. The van der Waals surface area contributed by atoms with Crippen molar-refractivity contribution in [2.75, 3.05) is 13.1 Å². The molecule has 19 heavy (non-hydrogen) atoms. The minimum atomic E-state index is -0.830. The predicted molar refractivity (Wildman–Crippen MR) is 68.0 cm³/mol. The molecule has 0 aliphatic rings. The zero-order valence-corrected chi connectivity index (χ0v) is 10.9. The van der Waals surface area contributed by atoms with Crippen LogP contribution in [0.2, 0.25) is 0 Å². The molecule has 0 unspecified atom stereocenters. The summed E-state index contributed by atoms with van der Waals surface area (Å²) in [6.07, 6.45) is 0. The van der Waals surface area contributed by atoms with Gasteiger partial charge in [0.25, 0.3) is 5.91 Å². The summed E-state index contributed by atoms with van der Waals surface area (Å²) in [5.74, 6) is -2.64. The Morgan fingerprint density at radius 3 is 2.53 bits per heavy atom. The van der Waals surface area contributed by atoms with Gasteiger partial charge in [-0.1, -0.05) is 19.9 Å². The SMILES string of the molecule is CC(C)CN(CC(N)=O)C(=O)c1c(O)cccc1F. The van der Waals surface area contributed by atoms with Gasteiger partial charge in [-0.2, -0.15) is 0 Å². The van der Waals surface area contributed by atoms with Gasteiger partial charge in [-0.15, -0.1) is 0 Å². The van der Waals surface area contributed by atoms with Crippen LogP contribution in [0.3, 0.4) is 0 Å². The Hall–Kier alpha value is -2.11. The molecule has 1 aromatic carbocycles. The Morgan fingerprint density at radius 1 is 1.42 bits per heavy atom. The molecule has 0 heterocycles. The summed E-state index contributed by atoms with van der Waals surface area (Å²) in [4.78, 5) is 24.3. The number of hydrogen-bond acceptors (Lipinski definition) is 3. The molecule has 1 rings (SSSR count). The molecule has 0 spiro atoms. The molecule has 0 atom stereocenters. The van der Waals surface area contributed by atoms with Crippen LogP contribution in [0.5, 0.6) is 5.75 Å². The number of primary amides is 1. The molecule has 0 saturated heterocycles. The zero-order chi connectivity index (χ0) is 14.6. The summed E-state index contributed by atoms with van der Waals surface area (Å²) < 4.78 is 13.6. The van der Waals surface area contributed by atoms with Gasteiger partial charge in [0.05, 0.1) is 6.54 Å². The molecule has 3 N–H and O–H groups in total. The van der Waals surface area contributed by atoms with Crippen LogP contribution in [0.4, 0.5) is 4.39 Å². The van der Waals surface area contributed by atoms with Gasteiger partial charge in [0.2, 0.25) is 5.91 Å². The van der Waals surface area contributed by atoms with Crippen molar-refractivity contribution < 1.29 is 19.1 Å². The number of hydrogen-bond donors (Lipinski definition) is 2. The lowest BCUT2D eigenvalue weighted by Gasteiger charge is -2.23. The van der Waals surface area contributed by atoms with Crippen molar-refractivity contribution in [2.24, 2.45) is 11.7 Å². The first-order valence-corrected chi connectivity index (χ1v) is 5.88. The number of benzene rings is 1. The maximum atomic E-state index is 13.6. The first kappa shape index (κ1) is 14.9. The van der Waals surface area contributed by atoms with Gasteiger partial charge in [0.1, 0.15) is 17.1 Å². The van der Waals surface area contributed by atoms with Gasteiger partial charge >= 0.3 is 0 Å². The third kappa shape index (κ3) is 3.94. The summed E-state index contributed by atoms with van der Waals surface area (Å²) in [6.45, 7) is 3.63. The van der Waals surface area contributed by atoms with Crippen LogP contribution < -0.4 is 5.73 Å². The van der Waals surface area contributed by atoms with Gasteiger partial charge in [-0.05, 0) is 18.1 Å². The number of nitrogens with two attached hydrogens (primary N) is 1. The Balaban J connectivity index is 3.08. The van der Waals surface area contributed by atoms with Crippen molar-refractivity contribution >= 4 is 11.8 Å². The molecule has 0 aromatic heterocycles. The minimum Gasteiger partial charge on any atom is -0.507 e. The molecule has 1 aromatic rings. The topological polar surface area (TPSA) is 83.6 Å². The van der Waals surface area contributed by atoms with Crippen molar-refractivity contribution in [1.82, 2.24) is 4.90 Å². The second-order valence-electron chi connectivity index (χ2n) is 4.68. The smallest absolute Gasteiger partial charge is 0.261 e. The summed E-state index contributed by atoms with van der Waals surface area (Å²) in [6, 6.07) is 3.58. The van der Waals surface area contributed by atoms with Crippen LogP contribution in [-0.4, -0.2) is 34.9 Å². The number of halogens is 1. The highest BCUT2D eigenvalue weighted by Crippen LogP contribution is 2.22. The highest BCUT2D eigenvalue weighted by molar-refractivity contribution is 5.98. The molecule has 6 heteroatoms. The summed E-state index contributed by atoms with van der Waals surface area (Å²) in [5.41, 5.74) is 4.63. The number of carbonyl (C=O) groups excluding carboxylic acids is 2. The molecule has 5 nitrogen and oxygen atoms in total. The molecule has 104 valence electrons. The monoisotopic (exact) mass is 268 g/mol. The van der Waals surface area contributed by atoms with E-state index in [0.29, 0.717) is 0 Å². The van der Waals surface area contributed by atoms with E-state index in [0.717, 1.165) is 11.0 Å². The lowest BCUT2D eigenvalue weighted by Crippen LogP contribution is -2.40. The number of nitrogens with zero attached hydrogens (tertiary/aromatic N) is 1. The van der Waals surface area contributed by atoms with Crippen LogP contribution in [-0.2, 0) is 4.79 Å². The van der Waals surface area contributed by atoms with E-state index in [1.165, 1.54) is 12.1 Å². The molecular weight excluding hydrogens is 251 g/mol. The van der Waals surface area contributed by atoms with Crippen LogP contribution in [0.15, 0.2) is 18.2 Å². The van der Waals surface area contributed by atoms with Gasteiger partial charge < -0.3 is 15.7 Å². The standard InChI is InChI=1S/C13H17FN2O3/c1-8(2)6-16(7-11(15)18)13(19)12-9(14)4-3-5-10(12)17/h3-5,8,17H,6-7H2,1-2H3,(H2,15,18). The maximum Gasteiger partial charge on any atom is 0.261 e. The van der Waals surface area contributed by atoms with E-state index in [1.54, 1.807) is 0 Å². The average Bonchev–Trinajstić information content (AvgIpc) is 2.26. The van der Waals surface area contributed by atoms with E-state index in [-0.39, 0.29) is 19.0 Å². The van der Waals surface area contributed by atoms with Crippen LogP contribution in [0.25, 0.3) is 0 Å². The molecule has 0 aliphatic carbocycles. The maximum absolute atomic E-state index is 13.6. The fourth-order valence-corrected chi connectivity index (χ4v) is 1.73. The first-order chi connectivity index (χ1) is 8.82.